The number of carbonyl (C=O) groups excluding carboxylic acids is 1. The highest BCUT2D eigenvalue weighted by molar-refractivity contribution is 5.68. The molecule has 0 aromatic rings. The normalized spacial score (nSPS) is 11.2. The van der Waals surface area contributed by atoms with Gasteiger partial charge in [0.1, 0.15) is 0 Å². The molecular weight excluding hydrogens is 166 g/mol. The van der Waals surface area contributed by atoms with Gasteiger partial charge in [0, 0.05) is 12.1 Å². The summed E-state index contributed by atoms with van der Waals surface area (Å²) in [5.74, 6) is 0. The van der Waals surface area contributed by atoms with Gasteiger partial charge in [0.05, 0.1) is 6.10 Å². The van der Waals surface area contributed by atoms with Crippen LogP contribution in [0, 0.1) is 0 Å². The molecule has 0 unspecified atom stereocenters. The lowest BCUT2D eigenvalue weighted by atomic mass is 10.2. The second-order valence-electron chi connectivity index (χ2n) is 4.03. The average Bonchev–Trinajstić information content (AvgIpc) is 1.81. The fourth-order valence-electron chi connectivity index (χ4n) is 1.28. The summed E-state index contributed by atoms with van der Waals surface area (Å²) in [5, 5.41) is 0. The van der Waals surface area contributed by atoms with Gasteiger partial charge >= 0.3 is 6.09 Å². The van der Waals surface area contributed by atoms with Gasteiger partial charge in [-0.15, -0.1) is 0 Å². The fraction of sp³-hybridized carbons (Fsp3) is 0.900. The van der Waals surface area contributed by atoms with Gasteiger partial charge in [0.2, 0.25) is 0 Å². The Balaban J connectivity index is 4.29. The monoisotopic (exact) mass is 187 g/mol. The van der Waals surface area contributed by atoms with E-state index in [2.05, 4.69) is 0 Å². The highest BCUT2D eigenvalue weighted by Gasteiger charge is 2.21. The Morgan fingerprint density at radius 3 is 1.62 bits per heavy atom. The van der Waals surface area contributed by atoms with E-state index in [1.54, 1.807) is 4.90 Å². The largest absolute Gasteiger partial charge is 0.447 e. The molecule has 0 heterocycles. The first-order valence-corrected chi connectivity index (χ1v) is 4.85. The van der Waals surface area contributed by atoms with Crippen molar-refractivity contribution in [3.63, 3.8) is 0 Å². The Morgan fingerprint density at radius 2 is 1.38 bits per heavy atom. The van der Waals surface area contributed by atoms with Gasteiger partial charge in [-0.05, 0) is 41.5 Å². The van der Waals surface area contributed by atoms with E-state index in [4.69, 9.17) is 4.74 Å². The lowest BCUT2D eigenvalue weighted by Gasteiger charge is -2.30. The van der Waals surface area contributed by atoms with Crippen molar-refractivity contribution in [2.24, 2.45) is 0 Å². The first kappa shape index (κ1) is 12.3. The maximum absolute atomic E-state index is 11.5. The molecule has 0 saturated heterocycles. The number of nitrogens with zero attached hydrogens (tertiary/aromatic N) is 1. The number of rotatable bonds is 3. The standard InChI is InChI=1S/C10H21NO2/c1-7(2)11(8(3)4)10(12)13-9(5)6/h7-9H,1-6H3. The Morgan fingerprint density at radius 1 is 1.00 bits per heavy atom. The van der Waals surface area contributed by atoms with Crippen LogP contribution in [0.2, 0.25) is 0 Å². The second kappa shape index (κ2) is 5.10. The smallest absolute Gasteiger partial charge is 0.410 e. The van der Waals surface area contributed by atoms with E-state index in [1.807, 2.05) is 41.5 Å². The Kier molecular flexibility index (Phi) is 4.81. The predicted octanol–water partition coefficient (Wildman–Crippen LogP) is 2.65. The summed E-state index contributed by atoms with van der Waals surface area (Å²) in [5.41, 5.74) is 0. The third-order valence-corrected chi connectivity index (χ3v) is 1.66. The summed E-state index contributed by atoms with van der Waals surface area (Å²) in [6, 6.07) is 0.373. The third-order valence-electron chi connectivity index (χ3n) is 1.66. The van der Waals surface area contributed by atoms with Gasteiger partial charge in [0.25, 0.3) is 0 Å². The molecule has 0 rings (SSSR count). The van der Waals surface area contributed by atoms with Gasteiger partial charge in [-0.25, -0.2) is 4.79 Å². The van der Waals surface area contributed by atoms with Gasteiger partial charge in [-0.1, -0.05) is 0 Å². The molecule has 0 fully saturated rings. The van der Waals surface area contributed by atoms with Crippen LogP contribution in [0.1, 0.15) is 41.5 Å². The third kappa shape index (κ3) is 4.15. The second-order valence-corrected chi connectivity index (χ2v) is 4.03. The lowest BCUT2D eigenvalue weighted by Crippen LogP contribution is -2.43. The topological polar surface area (TPSA) is 29.5 Å². The van der Waals surface area contributed by atoms with Crippen molar-refractivity contribution in [3.05, 3.63) is 0 Å². The molecule has 0 saturated carbocycles. The van der Waals surface area contributed by atoms with Gasteiger partial charge in [-0.2, -0.15) is 0 Å². The summed E-state index contributed by atoms with van der Waals surface area (Å²) < 4.78 is 5.12. The van der Waals surface area contributed by atoms with Crippen molar-refractivity contribution in [1.82, 2.24) is 4.90 Å². The first-order chi connectivity index (χ1) is 5.86. The van der Waals surface area contributed by atoms with Crippen LogP contribution in [0.5, 0.6) is 0 Å². The zero-order valence-electron chi connectivity index (χ0n) is 9.50. The molecule has 0 aromatic carbocycles. The number of amides is 1. The summed E-state index contributed by atoms with van der Waals surface area (Å²) in [4.78, 5) is 13.3. The fourth-order valence-corrected chi connectivity index (χ4v) is 1.28. The maximum Gasteiger partial charge on any atom is 0.410 e. The molecule has 0 aromatic heterocycles. The lowest BCUT2D eigenvalue weighted by molar-refractivity contribution is 0.0575. The summed E-state index contributed by atoms with van der Waals surface area (Å²) >= 11 is 0. The number of hydrogen-bond acceptors (Lipinski definition) is 2. The molecule has 0 atom stereocenters. The molecule has 0 aliphatic heterocycles. The zero-order chi connectivity index (χ0) is 10.6. The Bertz CT molecular complexity index is 156. The molecule has 3 nitrogen and oxygen atoms in total. The van der Waals surface area contributed by atoms with E-state index in [0.29, 0.717) is 0 Å². The van der Waals surface area contributed by atoms with Crippen LogP contribution in [-0.2, 0) is 4.74 Å². The van der Waals surface area contributed by atoms with E-state index >= 15 is 0 Å². The minimum Gasteiger partial charge on any atom is -0.447 e. The average molecular weight is 187 g/mol. The van der Waals surface area contributed by atoms with E-state index < -0.39 is 0 Å². The molecule has 0 aliphatic carbocycles. The van der Waals surface area contributed by atoms with Crippen LogP contribution < -0.4 is 0 Å². The Labute approximate surface area is 81.1 Å². The van der Waals surface area contributed by atoms with Crippen molar-refractivity contribution in [1.29, 1.82) is 0 Å². The Hall–Kier alpha value is -0.730. The number of ether oxygens (including phenoxy) is 1. The summed E-state index contributed by atoms with van der Waals surface area (Å²) in [7, 11) is 0. The first-order valence-electron chi connectivity index (χ1n) is 4.85. The molecule has 0 aliphatic rings. The van der Waals surface area contributed by atoms with Crippen LogP contribution in [0.15, 0.2) is 0 Å². The van der Waals surface area contributed by atoms with E-state index in [9.17, 15) is 4.79 Å². The molecule has 1 amide bonds. The van der Waals surface area contributed by atoms with Crippen molar-refractivity contribution in [2.45, 2.75) is 59.7 Å². The summed E-state index contributed by atoms with van der Waals surface area (Å²) in [6.07, 6.45) is -0.271. The molecular formula is C10H21NO2. The molecule has 13 heavy (non-hydrogen) atoms. The van der Waals surface area contributed by atoms with Gasteiger partial charge in [0.15, 0.2) is 0 Å². The van der Waals surface area contributed by atoms with E-state index in [1.165, 1.54) is 0 Å². The molecule has 0 N–H and O–H groups in total. The van der Waals surface area contributed by atoms with Gasteiger partial charge < -0.3 is 9.64 Å². The molecule has 0 bridgehead atoms. The molecule has 3 heteroatoms. The number of hydrogen-bond donors (Lipinski definition) is 0. The SMILES string of the molecule is CC(C)OC(=O)N(C(C)C)C(C)C. The quantitative estimate of drug-likeness (QED) is 0.679. The predicted molar refractivity (Wildman–Crippen MR) is 53.7 cm³/mol. The van der Waals surface area contributed by atoms with Crippen molar-refractivity contribution in [3.8, 4) is 0 Å². The van der Waals surface area contributed by atoms with Crippen LogP contribution >= 0.6 is 0 Å². The minimum atomic E-state index is -0.222. The minimum absolute atomic E-state index is 0.0486. The van der Waals surface area contributed by atoms with Gasteiger partial charge in [-0.3, -0.25) is 0 Å². The molecule has 78 valence electrons. The van der Waals surface area contributed by atoms with Crippen molar-refractivity contribution < 1.29 is 9.53 Å². The maximum atomic E-state index is 11.5. The summed E-state index contributed by atoms with van der Waals surface area (Å²) in [6.45, 7) is 11.7. The van der Waals surface area contributed by atoms with E-state index in [-0.39, 0.29) is 24.3 Å². The van der Waals surface area contributed by atoms with Crippen molar-refractivity contribution in [2.75, 3.05) is 0 Å². The highest BCUT2D eigenvalue weighted by atomic mass is 16.6. The van der Waals surface area contributed by atoms with Crippen molar-refractivity contribution >= 4 is 6.09 Å². The molecule has 0 radical (unpaired) electrons. The van der Waals surface area contributed by atoms with Crippen LogP contribution in [0.4, 0.5) is 4.79 Å². The highest BCUT2D eigenvalue weighted by Crippen LogP contribution is 2.08. The van der Waals surface area contributed by atoms with Crippen LogP contribution in [0.25, 0.3) is 0 Å². The van der Waals surface area contributed by atoms with Crippen LogP contribution in [-0.4, -0.2) is 29.2 Å². The molecule has 0 spiro atoms. The van der Waals surface area contributed by atoms with Crippen LogP contribution in [0.3, 0.4) is 0 Å². The zero-order valence-corrected chi connectivity index (χ0v) is 9.50. The van der Waals surface area contributed by atoms with E-state index in [0.717, 1.165) is 0 Å². The number of carbonyl (C=O) groups is 1.